The molecule has 0 spiro atoms. The predicted molar refractivity (Wildman–Crippen MR) is 122 cm³/mol. The Balaban J connectivity index is 0.000000426. The summed E-state index contributed by atoms with van der Waals surface area (Å²) in [6.45, 7) is 1.71. The molecule has 0 amide bonds. The maximum Gasteiger partial charge on any atom is 0.490 e. The van der Waals surface area contributed by atoms with Gasteiger partial charge in [0.1, 0.15) is 0 Å². The van der Waals surface area contributed by atoms with Gasteiger partial charge in [0.05, 0.1) is 6.26 Å². The highest BCUT2D eigenvalue weighted by atomic mass is 32.2. The molecule has 1 aromatic heterocycles. The molecule has 1 aromatic carbocycles. The van der Waals surface area contributed by atoms with Gasteiger partial charge in [-0.1, -0.05) is 36.4 Å². The quantitative estimate of drug-likeness (QED) is 0.449. The maximum absolute atomic E-state index is 11.7. The summed E-state index contributed by atoms with van der Waals surface area (Å²) in [5.41, 5.74) is 2.37. The number of hydrogen-bond acceptors (Lipinski definition) is 6. The van der Waals surface area contributed by atoms with E-state index in [-0.39, 0.29) is 12.1 Å². The fourth-order valence-corrected chi connectivity index (χ4v) is 4.20. The first-order valence-electron chi connectivity index (χ1n) is 10.6. The minimum absolute atomic E-state index is 0.0658. The number of sulfonamides is 1. The fraction of sp³-hybridized carbons (Fsp3) is 0.409. The SMILES string of the molecule is CS(=O)(=O)N[C@@H]1CCN(Cc2ccccc2)[C@H]1Cc1cccnc1.O=C(O)C(F)(F)F.O=C(O)C(F)(F)F. The number of halogens is 6. The van der Waals surface area contributed by atoms with Crippen LogP contribution < -0.4 is 4.72 Å². The average Bonchev–Trinajstić information content (AvgIpc) is 3.14. The van der Waals surface area contributed by atoms with Gasteiger partial charge in [0.2, 0.25) is 10.0 Å². The number of nitrogens with one attached hydrogen (secondary N) is 1. The fourth-order valence-electron chi connectivity index (χ4n) is 3.38. The van der Waals surface area contributed by atoms with Crippen molar-refractivity contribution in [3.05, 3.63) is 66.0 Å². The lowest BCUT2D eigenvalue weighted by Gasteiger charge is -2.28. The van der Waals surface area contributed by atoms with E-state index in [1.807, 2.05) is 36.5 Å². The lowest BCUT2D eigenvalue weighted by Crippen LogP contribution is -2.45. The number of carboxylic acid groups (broad SMARTS) is 2. The van der Waals surface area contributed by atoms with Crippen molar-refractivity contribution in [1.82, 2.24) is 14.6 Å². The second-order valence-corrected chi connectivity index (χ2v) is 9.76. The second-order valence-electron chi connectivity index (χ2n) is 7.98. The third-order valence-corrected chi connectivity index (χ3v) is 5.64. The van der Waals surface area contributed by atoms with Crippen LogP contribution in [0.25, 0.3) is 0 Å². The van der Waals surface area contributed by atoms with E-state index in [9.17, 15) is 34.8 Å². The van der Waals surface area contributed by atoms with Gasteiger partial charge < -0.3 is 10.2 Å². The Hall–Kier alpha value is -3.24. The van der Waals surface area contributed by atoms with Crippen LogP contribution in [0.3, 0.4) is 0 Å². The zero-order valence-electron chi connectivity index (χ0n) is 19.8. The number of likely N-dealkylation sites (tertiary alicyclic amines) is 1. The number of benzene rings is 1. The summed E-state index contributed by atoms with van der Waals surface area (Å²) < 4.78 is 89.7. The zero-order chi connectivity index (χ0) is 29.1. The van der Waals surface area contributed by atoms with Crippen LogP contribution in [0.2, 0.25) is 0 Å². The number of alkyl halides is 6. The van der Waals surface area contributed by atoms with Gasteiger partial charge in [-0.2, -0.15) is 26.3 Å². The number of carboxylic acids is 2. The summed E-state index contributed by atoms with van der Waals surface area (Å²) in [7, 11) is -3.22. The van der Waals surface area contributed by atoms with Gasteiger partial charge in [0.15, 0.2) is 0 Å². The van der Waals surface area contributed by atoms with Crippen LogP contribution in [0.4, 0.5) is 26.3 Å². The van der Waals surface area contributed by atoms with E-state index in [0.717, 1.165) is 31.5 Å². The molecule has 38 heavy (non-hydrogen) atoms. The van der Waals surface area contributed by atoms with Crippen LogP contribution in [-0.2, 0) is 32.6 Å². The van der Waals surface area contributed by atoms with Crippen LogP contribution in [-0.4, -0.2) is 77.7 Å². The van der Waals surface area contributed by atoms with Gasteiger partial charge in [-0.25, -0.2) is 22.7 Å². The molecule has 9 nitrogen and oxygen atoms in total. The first-order chi connectivity index (χ1) is 17.4. The van der Waals surface area contributed by atoms with E-state index < -0.39 is 34.3 Å². The van der Waals surface area contributed by atoms with Crippen molar-refractivity contribution in [2.75, 3.05) is 12.8 Å². The van der Waals surface area contributed by atoms with E-state index in [1.165, 1.54) is 11.8 Å². The highest BCUT2D eigenvalue weighted by Crippen LogP contribution is 2.24. The molecule has 0 saturated carbocycles. The highest BCUT2D eigenvalue weighted by Gasteiger charge is 2.39. The van der Waals surface area contributed by atoms with Crippen LogP contribution >= 0.6 is 0 Å². The number of pyridine rings is 1. The predicted octanol–water partition coefficient (Wildman–Crippen LogP) is 3.08. The standard InChI is InChI=1S/C18H23N3O2S.2C2HF3O2/c1-24(22,23)20-17-9-11-21(14-15-6-3-2-4-7-15)18(17)12-16-8-5-10-19-13-16;2*3-2(4,5)1(6)7/h2-8,10,13,17-18,20H,9,11-12,14H2,1H3;2*(H,6,7)/t17-,18+;;/m1../s1. The van der Waals surface area contributed by atoms with Crippen molar-refractivity contribution in [2.45, 2.75) is 43.8 Å². The molecule has 1 saturated heterocycles. The molecule has 2 aromatic rings. The van der Waals surface area contributed by atoms with Crippen molar-refractivity contribution in [3.63, 3.8) is 0 Å². The van der Waals surface area contributed by atoms with E-state index in [2.05, 4.69) is 26.7 Å². The molecule has 3 N–H and O–H groups in total. The lowest BCUT2D eigenvalue weighted by molar-refractivity contribution is -0.193. The topological polar surface area (TPSA) is 137 Å². The van der Waals surface area contributed by atoms with E-state index in [1.54, 1.807) is 6.20 Å². The second kappa shape index (κ2) is 14.1. The molecule has 1 aliphatic rings. The number of nitrogens with zero attached hydrogens (tertiary/aromatic N) is 2. The van der Waals surface area contributed by atoms with Gasteiger partial charge in [0.25, 0.3) is 0 Å². The molecule has 0 bridgehead atoms. The van der Waals surface area contributed by atoms with Crippen molar-refractivity contribution in [2.24, 2.45) is 0 Å². The van der Waals surface area contributed by atoms with Gasteiger partial charge in [0, 0.05) is 37.6 Å². The molecule has 2 heterocycles. The summed E-state index contributed by atoms with van der Waals surface area (Å²) in [6.07, 6.45) is -3.71. The number of rotatable bonds is 6. The van der Waals surface area contributed by atoms with Crippen LogP contribution in [0.1, 0.15) is 17.5 Å². The molecule has 1 aliphatic heterocycles. The summed E-state index contributed by atoms with van der Waals surface area (Å²) in [6, 6.07) is 14.3. The Kier molecular flexibility index (Phi) is 12.1. The minimum Gasteiger partial charge on any atom is -0.475 e. The van der Waals surface area contributed by atoms with Gasteiger partial charge in [-0.05, 0) is 30.0 Å². The highest BCUT2D eigenvalue weighted by molar-refractivity contribution is 7.88. The summed E-state index contributed by atoms with van der Waals surface area (Å²) >= 11 is 0. The van der Waals surface area contributed by atoms with Crippen LogP contribution in [0.5, 0.6) is 0 Å². The number of aromatic nitrogens is 1. The van der Waals surface area contributed by atoms with E-state index in [0.29, 0.717) is 0 Å². The molecule has 0 radical (unpaired) electrons. The third kappa shape index (κ3) is 12.8. The van der Waals surface area contributed by atoms with E-state index >= 15 is 0 Å². The Morgan fingerprint density at radius 3 is 1.89 bits per heavy atom. The summed E-state index contributed by atoms with van der Waals surface area (Å²) in [5.74, 6) is -5.51. The molecule has 0 unspecified atom stereocenters. The van der Waals surface area contributed by atoms with Crippen molar-refractivity contribution >= 4 is 22.0 Å². The largest absolute Gasteiger partial charge is 0.490 e. The first kappa shape index (κ1) is 32.8. The molecule has 212 valence electrons. The van der Waals surface area contributed by atoms with Crippen LogP contribution in [0, 0.1) is 0 Å². The Bertz CT molecular complexity index is 1110. The Morgan fingerprint density at radius 2 is 1.47 bits per heavy atom. The normalized spacial score (nSPS) is 18.0. The van der Waals surface area contributed by atoms with Gasteiger partial charge >= 0.3 is 24.3 Å². The number of hydrogen-bond donors (Lipinski definition) is 3. The van der Waals surface area contributed by atoms with Crippen LogP contribution in [0.15, 0.2) is 54.9 Å². The van der Waals surface area contributed by atoms with Crippen molar-refractivity contribution < 1.29 is 54.6 Å². The van der Waals surface area contributed by atoms with Gasteiger partial charge in [-0.15, -0.1) is 0 Å². The molecule has 1 fully saturated rings. The summed E-state index contributed by atoms with van der Waals surface area (Å²) in [4.78, 5) is 24.3. The number of carbonyl (C=O) groups is 2. The van der Waals surface area contributed by atoms with Gasteiger partial charge in [-0.3, -0.25) is 9.88 Å². The molecule has 3 rings (SSSR count). The monoisotopic (exact) mass is 573 g/mol. The first-order valence-corrected chi connectivity index (χ1v) is 12.5. The molecular formula is C22H25F6N3O6S. The average molecular weight is 574 g/mol. The summed E-state index contributed by atoms with van der Waals surface area (Å²) in [5, 5.41) is 14.2. The van der Waals surface area contributed by atoms with E-state index in [4.69, 9.17) is 19.8 Å². The Labute approximate surface area is 214 Å². The Morgan fingerprint density at radius 1 is 0.974 bits per heavy atom. The smallest absolute Gasteiger partial charge is 0.475 e. The lowest BCUT2D eigenvalue weighted by atomic mass is 10.0. The molecule has 2 atom stereocenters. The van der Waals surface area contributed by atoms with Crippen molar-refractivity contribution in [3.8, 4) is 0 Å². The third-order valence-electron chi connectivity index (χ3n) is 4.91. The molecular weight excluding hydrogens is 548 g/mol. The zero-order valence-corrected chi connectivity index (χ0v) is 20.6. The molecule has 16 heteroatoms. The van der Waals surface area contributed by atoms with Crippen molar-refractivity contribution in [1.29, 1.82) is 0 Å². The number of aliphatic carboxylic acids is 2. The molecule has 0 aliphatic carbocycles. The maximum atomic E-state index is 11.7. The minimum atomic E-state index is -5.08.